The number of rotatable bonds is 9. The van der Waals surface area contributed by atoms with Crippen molar-refractivity contribution in [2.24, 2.45) is 5.92 Å². The number of nitrogens with zero attached hydrogens (tertiary/aromatic N) is 1. The zero-order valence-corrected chi connectivity index (χ0v) is 13.7. The smallest absolute Gasteiger partial charge is 0.129 e. The first-order valence-electron chi connectivity index (χ1n) is 8.60. The normalized spacial score (nSPS) is 15.3. The van der Waals surface area contributed by atoms with Crippen LogP contribution in [0.3, 0.4) is 0 Å². The molecular formula is C18H30N2O. The van der Waals surface area contributed by atoms with E-state index in [1.54, 1.807) is 0 Å². The molecule has 0 saturated heterocycles. The Hall–Kier alpha value is -1.09. The molecule has 0 spiro atoms. The molecule has 1 aliphatic rings. The highest BCUT2D eigenvalue weighted by Crippen LogP contribution is 2.21. The second kappa shape index (κ2) is 9.04. The maximum Gasteiger partial charge on any atom is 0.129 e. The summed E-state index contributed by atoms with van der Waals surface area (Å²) in [6.07, 6.45) is 8.53. The van der Waals surface area contributed by atoms with E-state index in [2.05, 4.69) is 31.3 Å². The summed E-state index contributed by atoms with van der Waals surface area (Å²) in [4.78, 5) is 4.76. The minimum absolute atomic E-state index is 0.773. The van der Waals surface area contributed by atoms with Crippen molar-refractivity contribution >= 4 is 5.82 Å². The molecular weight excluding hydrogens is 260 g/mol. The average Bonchev–Trinajstić information content (AvgIpc) is 2.52. The lowest BCUT2D eigenvalue weighted by molar-refractivity contribution is 0.132. The zero-order chi connectivity index (χ0) is 14.9. The van der Waals surface area contributed by atoms with Gasteiger partial charge in [0.15, 0.2) is 0 Å². The maximum atomic E-state index is 5.42. The van der Waals surface area contributed by atoms with Crippen molar-refractivity contribution in [2.45, 2.75) is 58.8 Å². The molecule has 3 heteroatoms. The van der Waals surface area contributed by atoms with E-state index < -0.39 is 0 Å². The quantitative estimate of drug-likeness (QED) is 0.692. The van der Waals surface area contributed by atoms with Crippen molar-refractivity contribution in [3.63, 3.8) is 0 Å². The molecule has 2 rings (SSSR count). The maximum absolute atomic E-state index is 5.42. The fourth-order valence-corrected chi connectivity index (χ4v) is 2.88. The van der Waals surface area contributed by atoms with E-state index in [1.165, 1.54) is 49.8 Å². The highest BCUT2D eigenvalue weighted by atomic mass is 16.5. The van der Waals surface area contributed by atoms with Gasteiger partial charge in [0.05, 0.1) is 0 Å². The number of pyridine rings is 1. The molecule has 21 heavy (non-hydrogen) atoms. The summed E-state index contributed by atoms with van der Waals surface area (Å²) in [7, 11) is 0. The van der Waals surface area contributed by atoms with E-state index in [0.29, 0.717) is 0 Å². The second-order valence-corrected chi connectivity index (χ2v) is 6.18. The fraction of sp³-hybridized carbons (Fsp3) is 0.722. The number of hydrogen-bond donors (Lipinski definition) is 1. The van der Waals surface area contributed by atoms with Crippen LogP contribution < -0.4 is 5.32 Å². The molecule has 1 aliphatic heterocycles. The van der Waals surface area contributed by atoms with E-state index in [4.69, 9.17) is 9.72 Å². The lowest BCUT2D eigenvalue weighted by Crippen LogP contribution is -2.14. The fourth-order valence-electron chi connectivity index (χ4n) is 2.88. The van der Waals surface area contributed by atoms with Gasteiger partial charge >= 0.3 is 0 Å². The van der Waals surface area contributed by atoms with Crippen molar-refractivity contribution in [3.8, 4) is 0 Å². The predicted octanol–water partition coefficient (Wildman–Crippen LogP) is 4.22. The first-order valence-corrected chi connectivity index (χ1v) is 8.60. The molecule has 0 radical (unpaired) electrons. The SMILES string of the molecule is CCOCCC(C)CCCCc1ccc2c(n1)NCCC2. The Balaban J connectivity index is 1.64. The molecule has 0 bridgehead atoms. The molecule has 1 unspecified atom stereocenters. The summed E-state index contributed by atoms with van der Waals surface area (Å²) >= 11 is 0. The molecule has 0 aliphatic carbocycles. The van der Waals surface area contributed by atoms with Crippen LogP contribution in [0.25, 0.3) is 0 Å². The lowest BCUT2D eigenvalue weighted by Gasteiger charge is -2.17. The number of anilines is 1. The van der Waals surface area contributed by atoms with Crippen LogP contribution in [0.15, 0.2) is 12.1 Å². The van der Waals surface area contributed by atoms with Gasteiger partial charge in [-0.2, -0.15) is 0 Å². The Morgan fingerprint density at radius 3 is 3.05 bits per heavy atom. The molecule has 2 heterocycles. The number of aromatic nitrogens is 1. The zero-order valence-electron chi connectivity index (χ0n) is 13.7. The van der Waals surface area contributed by atoms with Crippen LogP contribution >= 0.6 is 0 Å². The van der Waals surface area contributed by atoms with Gasteiger partial charge < -0.3 is 10.1 Å². The Kier molecular flexibility index (Phi) is 7.01. The monoisotopic (exact) mass is 290 g/mol. The van der Waals surface area contributed by atoms with Gasteiger partial charge in [0.1, 0.15) is 5.82 Å². The number of aryl methyl sites for hydroxylation is 2. The largest absolute Gasteiger partial charge is 0.382 e. The third-order valence-electron chi connectivity index (χ3n) is 4.29. The number of fused-ring (bicyclic) bond motifs is 1. The third kappa shape index (κ3) is 5.66. The lowest BCUT2D eigenvalue weighted by atomic mass is 9.99. The molecule has 0 fully saturated rings. The van der Waals surface area contributed by atoms with E-state index in [9.17, 15) is 0 Å². The summed E-state index contributed by atoms with van der Waals surface area (Å²) in [6, 6.07) is 4.47. The molecule has 0 saturated carbocycles. The third-order valence-corrected chi connectivity index (χ3v) is 4.29. The first kappa shape index (κ1) is 16.3. The van der Waals surface area contributed by atoms with E-state index in [1.807, 2.05) is 0 Å². The van der Waals surface area contributed by atoms with Gasteiger partial charge in [0.2, 0.25) is 0 Å². The van der Waals surface area contributed by atoms with Crippen molar-refractivity contribution in [3.05, 3.63) is 23.4 Å². The highest BCUT2D eigenvalue weighted by Gasteiger charge is 2.10. The minimum Gasteiger partial charge on any atom is -0.382 e. The molecule has 1 atom stereocenters. The number of unbranched alkanes of at least 4 members (excludes halogenated alkanes) is 1. The Morgan fingerprint density at radius 2 is 2.19 bits per heavy atom. The van der Waals surface area contributed by atoms with Crippen molar-refractivity contribution in [1.82, 2.24) is 4.98 Å². The van der Waals surface area contributed by atoms with Crippen molar-refractivity contribution in [2.75, 3.05) is 25.1 Å². The summed E-state index contributed by atoms with van der Waals surface area (Å²) in [6.45, 7) is 7.21. The van der Waals surface area contributed by atoms with E-state index in [-0.39, 0.29) is 0 Å². The van der Waals surface area contributed by atoms with Gasteiger partial charge in [0, 0.05) is 25.5 Å². The summed E-state index contributed by atoms with van der Waals surface area (Å²) in [5, 5.41) is 3.42. The van der Waals surface area contributed by atoms with Gasteiger partial charge in [-0.25, -0.2) is 4.98 Å². The number of ether oxygens (including phenoxy) is 1. The van der Waals surface area contributed by atoms with Crippen LogP contribution in [-0.2, 0) is 17.6 Å². The highest BCUT2D eigenvalue weighted by molar-refractivity contribution is 5.46. The van der Waals surface area contributed by atoms with Gasteiger partial charge in [0.25, 0.3) is 0 Å². The number of nitrogens with one attached hydrogen (secondary N) is 1. The summed E-state index contributed by atoms with van der Waals surface area (Å²) in [5.74, 6) is 1.90. The molecule has 0 aromatic carbocycles. The average molecular weight is 290 g/mol. The predicted molar refractivity (Wildman–Crippen MR) is 88.9 cm³/mol. The Labute approximate surface area is 129 Å². The summed E-state index contributed by atoms with van der Waals surface area (Å²) < 4.78 is 5.42. The van der Waals surface area contributed by atoms with Crippen LogP contribution in [0, 0.1) is 5.92 Å². The molecule has 0 amide bonds. The molecule has 3 nitrogen and oxygen atoms in total. The van der Waals surface area contributed by atoms with Crippen LogP contribution in [0.4, 0.5) is 5.82 Å². The van der Waals surface area contributed by atoms with E-state index >= 15 is 0 Å². The van der Waals surface area contributed by atoms with Gasteiger partial charge in [-0.05, 0) is 56.6 Å². The van der Waals surface area contributed by atoms with Gasteiger partial charge in [-0.1, -0.05) is 25.8 Å². The Bertz CT molecular complexity index is 420. The minimum atomic E-state index is 0.773. The molecule has 1 N–H and O–H groups in total. The van der Waals surface area contributed by atoms with Crippen LogP contribution in [0.1, 0.15) is 57.2 Å². The number of hydrogen-bond acceptors (Lipinski definition) is 3. The van der Waals surface area contributed by atoms with Crippen molar-refractivity contribution < 1.29 is 4.74 Å². The standard InChI is InChI=1S/C18H30N2O/c1-3-21-14-12-15(2)7-4-5-9-17-11-10-16-8-6-13-19-18(16)20-17/h10-11,15H,3-9,12-14H2,1-2H3,(H,19,20). The summed E-state index contributed by atoms with van der Waals surface area (Å²) in [5.41, 5.74) is 2.62. The topological polar surface area (TPSA) is 34.1 Å². The van der Waals surface area contributed by atoms with Crippen LogP contribution in [-0.4, -0.2) is 24.7 Å². The first-order chi connectivity index (χ1) is 10.3. The molecule has 118 valence electrons. The van der Waals surface area contributed by atoms with Gasteiger partial charge in [-0.3, -0.25) is 0 Å². The van der Waals surface area contributed by atoms with Gasteiger partial charge in [-0.15, -0.1) is 0 Å². The van der Waals surface area contributed by atoms with Crippen molar-refractivity contribution in [1.29, 1.82) is 0 Å². The molecule has 1 aromatic rings. The van der Waals surface area contributed by atoms with E-state index in [0.717, 1.165) is 37.9 Å². The van der Waals surface area contributed by atoms with Crippen LogP contribution in [0.5, 0.6) is 0 Å². The second-order valence-electron chi connectivity index (χ2n) is 6.18. The molecule has 1 aromatic heterocycles. The Morgan fingerprint density at radius 1 is 1.29 bits per heavy atom. The van der Waals surface area contributed by atoms with Crippen LogP contribution in [0.2, 0.25) is 0 Å².